The zero-order chi connectivity index (χ0) is 12.9. The number of hydrogen-bond acceptors (Lipinski definition) is 4. The highest BCUT2D eigenvalue weighted by Crippen LogP contribution is 2.24. The standard InChI is InChI=1S/C10H17ClN2O2S2/c1-8(9-6-10(11)16-7-9)12-4-3-5-13-17(2,14)15/h6-8,12-13H,3-5H2,1-2H3. The maximum Gasteiger partial charge on any atom is 0.208 e. The van der Waals surface area contributed by atoms with Crippen LogP contribution in [0.5, 0.6) is 0 Å². The zero-order valence-corrected chi connectivity index (χ0v) is 12.3. The summed E-state index contributed by atoms with van der Waals surface area (Å²) in [6, 6.07) is 2.18. The Kier molecular flexibility index (Phi) is 5.88. The normalized spacial score (nSPS) is 13.8. The second-order valence-corrected chi connectivity index (χ2v) is 7.26. The third kappa shape index (κ3) is 6.38. The Hall–Kier alpha value is -0.140. The molecule has 4 nitrogen and oxygen atoms in total. The average Bonchev–Trinajstić information content (AvgIpc) is 2.62. The van der Waals surface area contributed by atoms with E-state index in [1.807, 2.05) is 11.4 Å². The van der Waals surface area contributed by atoms with E-state index in [9.17, 15) is 8.42 Å². The molecule has 1 heterocycles. The average molecular weight is 297 g/mol. The van der Waals surface area contributed by atoms with Crippen LogP contribution in [0.15, 0.2) is 11.4 Å². The molecule has 0 radical (unpaired) electrons. The molecule has 1 rings (SSSR count). The van der Waals surface area contributed by atoms with Gasteiger partial charge in [0.2, 0.25) is 10.0 Å². The minimum atomic E-state index is -3.07. The molecule has 1 aromatic rings. The number of thiophene rings is 1. The van der Waals surface area contributed by atoms with Crippen LogP contribution < -0.4 is 10.0 Å². The van der Waals surface area contributed by atoms with Gasteiger partial charge in [-0.25, -0.2) is 13.1 Å². The fourth-order valence-corrected chi connectivity index (χ4v) is 2.83. The second kappa shape index (κ2) is 6.70. The number of sulfonamides is 1. The van der Waals surface area contributed by atoms with E-state index in [-0.39, 0.29) is 6.04 Å². The second-order valence-electron chi connectivity index (χ2n) is 3.88. The quantitative estimate of drug-likeness (QED) is 0.757. The van der Waals surface area contributed by atoms with Crippen LogP contribution in [0, 0.1) is 0 Å². The lowest BCUT2D eigenvalue weighted by Crippen LogP contribution is -2.27. The highest BCUT2D eigenvalue weighted by Gasteiger charge is 2.06. The summed E-state index contributed by atoms with van der Waals surface area (Å²) in [6.07, 6.45) is 1.92. The lowest BCUT2D eigenvalue weighted by atomic mass is 10.2. The summed E-state index contributed by atoms with van der Waals surface area (Å²) >= 11 is 7.37. The van der Waals surface area contributed by atoms with Crippen LogP contribution >= 0.6 is 22.9 Å². The molecule has 98 valence electrons. The summed E-state index contributed by atoms with van der Waals surface area (Å²) in [5.41, 5.74) is 1.16. The lowest BCUT2D eigenvalue weighted by molar-refractivity contribution is 0.549. The molecule has 0 bridgehead atoms. The molecule has 0 aliphatic carbocycles. The van der Waals surface area contributed by atoms with E-state index in [1.165, 1.54) is 11.3 Å². The molecule has 0 spiro atoms. The minimum Gasteiger partial charge on any atom is -0.310 e. The Bertz CT molecular complexity index is 445. The first-order valence-corrected chi connectivity index (χ1v) is 8.45. The fourth-order valence-electron chi connectivity index (χ4n) is 1.33. The lowest BCUT2D eigenvalue weighted by Gasteiger charge is -2.12. The van der Waals surface area contributed by atoms with Gasteiger partial charge in [-0.2, -0.15) is 0 Å². The highest BCUT2D eigenvalue weighted by atomic mass is 35.5. The van der Waals surface area contributed by atoms with Crippen molar-refractivity contribution in [3.05, 3.63) is 21.3 Å². The summed E-state index contributed by atoms with van der Waals surface area (Å²) in [7, 11) is -3.07. The van der Waals surface area contributed by atoms with Gasteiger partial charge in [0, 0.05) is 12.6 Å². The predicted octanol–water partition coefficient (Wildman–Crippen LogP) is 1.99. The third-order valence-corrected chi connectivity index (χ3v) is 4.09. The maximum absolute atomic E-state index is 10.8. The largest absolute Gasteiger partial charge is 0.310 e. The molecule has 1 unspecified atom stereocenters. The smallest absolute Gasteiger partial charge is 0.208 e. The van der Waals surface area contributed by atoms with E-state index in [0.717, 1.165) is 29.1 Å². The predicted molar refractivity (Wildman–Crippen MR) is 73.2 cm³/mol. The number of rotatable bonds is 7. The van der Waals surface area contributed by atoms with E-state index in [2.05, 4.69) is 17.0 Å². The van der Waals surface area contributed by atoms with Gasteiger partial charge >= 0.3 is 0 Å². The van der Waals surface area contributed by atoms with Gasteiger partial charge in [0.15, 0.2) is 0 Å². The molecule has 1 atom stereocenters. The summed E-state index contributed by atoms with van der Waals surface area (Å²) in [4.78, 5) is 0. The van der Waals surface area contributed by atoms with Crippen molar-refractivity contribution in [3.8, 4) is 0 Å². The van der Waals surface area contributed by atoms with Gasteiger partial charge in [-0.15, -0.1) is 11.3 Å². The molecule has 1 aromatic heterocycles. The Morgan fingerprint density at radius 1 is 1.47 bits per heavy atom. The van der Waals surface area contributed by atoms with Crippen molar-refractivity contribution >= 4 is 33.0 Å². The van der Waals surface area contributed by atoms with Crippen LogP contribution in [0.3, 0.4) is 0 Å². The molecule has 0 aliphatic heterocycles. The van der Waals surface area contributed by atoms with E-state index in [4.69, 9.17) is 11.6 Å². The van der Waals surface area contributed by atoms with Gasteiger partial charge in [-0.3, -0.25) is 0 Å². The number of hydrogen-bond donors (Lipinski definition) is 2. The van der Waals surface area contributed by atoms with Crippen molar-refractivity contribution in [2.75, 3.05) is 19.3 Å². The van der Waals surface area contributed by atoms with Crippen molar-refractivity contribution in [2.45, 2.75) is 19.4 Å². The molecule has 7 heteroatoms. The van der Waals surface area contributed by atoms with E-state index in [0.29, 0.717) is 6.54 Å². The maximum atomic E-state index is 10.8. The van der Waals surface area contributed by atoms with Crippen LogP contribution in [0.2, 0.25) is 4.34 Å². The Morgan fingerprint density at radius 3 is 2.71 bits per heavy atom. The fraction of sp³-hybridized carbons (Fsp3) is 0.600. The first-order chi connectivity index (χ1) is 7.88. The topological polar surface area (TPSA) is 58.2 Å². The van der Waals surface area contributed by atoms with Crippen LogP contribution in [0.4, 0.5) is 0 Å². The van der Waals surface area contributed by atoms with Crippen LogP contribution in [-0.2, 0) is 10.0 Å². The van der Waals surface area contributed by atoms with Gasteiger partial charge in [0.05, 0.1) is 10.6 Å². The summed E-state index contributed by atoms with van der Waals surface area (Å²) in [5, 5.41) is 5.33. The highest BCUT2D eigenvalue weighted by molar-refractivity contribution is 7.88. The molecule has 0 aliphatic rings. The third-order valence-electron chi connectivity index (χ3n) is 2.26. The van der Waals surface area contributed by atoms with Crippen molar-refractivity contribution in [1.29, 1.82) is 0 Å². The van der Waals surface area contributed by atoms with E-state index in [1.54, 1.807) is 0 Å². The summed E-state index contributed by atoms with van der Waals surface area (Å²) in [6.45, 7) is 3.28. The minimum absolute atomic E-state index is 0.233. The Balaban J connectivity index is 2.19. The van der Waals surface area contributed by atoms with Gasteiger partial charge in [0.1, 0.15) is 0 Å². The molecule has 0 saturated heterocycles. The van der Waals surface area contributed by atoms with Crippen molar-refractivity contribution in [3.63, 3.8) is 0 Å². The zero-order valence-electron chi connectivity index (χ0n) is 9.86. The van der Waals surface area contributed by atoms with Gasteiger partial charge < -0.3 is 5.32 Å². The van der Waals surface area contributed by atoms with Crippen molar-refractivity contribution in [2.24, 2.45) is 0 Å². The molecular weight excluding hydrogens is 280 g/mol. The Morgan fingerprint density at radius 2 is 2.18 bits per heavy atom. The van der Waals surface area contributed by atoms with Crippen LogP contribution in [-0.4, -0.2) is 27.8 Å². The molecular formula is C10H17ClN2O2S2. The molecule has 0 amide bonds. The number of halogens is 1. The van der Waals surface area contributed by atoms with Crippen molar-refractivity contribution < 1.29 is 8.42 Å². The summed E-state index contributed by atoms with van der Waals surface area (Å²) < 4.78 is 24.9. The van der Waals surface area contributed by atoms with Crippen LogP contribution in [0.1, 0.15) is 24.9 Å². The number of nitrogens with one attached hydrogen (secondary N) is 2. The van der Waals surface area contributed by atoms with E-state index < -0.39 is 10.0 Å². The molecule has 2 N–H and O–H groups in total. The SMILES string of the molecule is CC(NCCCNS(C)(=O)=O)c1csc(Cl)c1. The monoisotopic (exact) mass is 296 g/mol. The first-order valence-electron chi connectivity index (χ1n) is 5.30. The van der Waals surface area contributed by atoms with Crippen LogP contribution in [0.25, 0.3) is 0 Å². The van der Waals surface area contributed by atoms with Gasteiger partial charge in [0.25, 0.3) is 0 Å². The first kappa shape index (κ1) is 14.9. The van der Waals surface area contributed by atoms with Gasteiger partial charge in [-0.05, 0) is 36.9 Å². The molecule has 17 heavy (non-hydrogen) atoms. The van der Waals surface area contributed by atoms with Gasteiger partial charge in [-0.1, -0.05) is 11.6 Å². The Labute approximate surface area is 111 Å². The van der Waals surface area contributed by atoms with E-state index >= 15 is 0 Å². The molecule has 0 saturated carbocycles. The molecule has 0 fully saturated rings. The summed E-state index contributed by atoms with van der Waals surface area (Å²) in [5.74, 6) is 0. The van der Waals surface area contributed by atoms with Crippen molar-refractivity contribution in [1.82, 2.24) is 10.0 Å². The molecule has 0 aromatic carbocycles.